The summed E-state index contributed by atoms with van der Waals surface area (Å²) in [5.74, 6) is 0.771. The van der Waals surface area contributed by atoms with Crippen molar-refractivity contribution >= 4 is 15.9 Å². The molecule has 0 fully saturated rings. The van der Waals surface area contributed by atoms with Crippen LogP contribution in [-0.2, 0) is 14.0 Å². The van der Waals surface area contributed by atoms with E-state index in [1.165, 1.54) is 0 Å². The minimum atomic E-state index is -1.38. The van der Waals surface area contributed by atoms with Crippen LogP contribution in [-0.4, -0.2) is 33.1 Å². The lowest BCUT2D eigenvalue weighted by molar-refractivity contribution is -0.0794. The van der Waals surface area contributed by atoms with Gasteiger partial charge in [-0.1, -0.05) is 24.2 Å². The maximum Gasteiger partial charge on any atom is 0.397 e. The van der Waals surface area contributed by atoms with Gasteiger partial charge in [0.2, 0.25) is 0 Å². The minimum absolute atomic E-state index is 0.494. The highest BCUT2D eigenvalue weighted by Gasteiger charge is 2.36. The summed E-state index contributed by atoms with van der Waals surface area (Å²) in [5.41, 5.74) is 0. The summed E-state index contributed by atoms with van der Waals surface area (Å²) < 4.78 is 22.5. The molecule has 0 aromatic heterocycles. The van der Waals surface area contributed by atoms with Crippen LogP contribution < -0.4 is 0 Å². The van der Waals surface area contributed by atoms with E-state index in [-0.39, 0.29) is 0 Å². The third-order valence-electron chi connectivity index (χ3n) is 1.48. The van der Waals surface area contributed by atoms with Crippen LogP contribution in [0, 0.1) is 0 Å². The van der Waals surface area contributed by atoms with E-state index in [0.717, 1.165) is 5.79 Å². The Hall–Kier alpha value is 0.237. The smallest absolute Gasteiger partial charge is 0.313 e. The van der Waals surface area contributed by atoms with Crippen molar-refractivity contribution in [2.45, 2.75) is 39.5 Å². The molecule has 0 bridgehead atoms. The van der Waals surface area contributed by atoms with Gasteiger partial charge in [-0.05, 0) is 13.8 Å². The molecule has 0 spiro atoms. The molecular formula is C9H22O3PSi+. The van der Waals surface area contributed by atoms with Crippen LogP contribution in [0.5, 0.6) is 0 Å². The zero-order valence-electron chi connectivity index (χ0n) is 9.87. The number of rotatable bonds is 7. The van der Waals surface area contributed by atoms with E-state index in [2.05, 4.69) is 19.6 Å². The van der Waals surface area contributed by atoms with Gasteiger partial charge in [0.05, 0.1) is 13.2 Å². The second-order valence-electron chi connectivity index (χ2n) is 4.35. The molecule has 0 radical (unpaired) electrons. The van der Waals surface area contributed by atoms with Crippen molar-refractivity contribution in [2.24, 2.45) is 0 Å². The van der Waals surface area contributed by atoms with Crippen molar-refractivity contribution in [3.8, 4) is 0 Å². The molecule has 0 aromatic rings. The van der Waals surface area contributed by atoms with Crippen LogP contribution in [0.25, 0.3) is 0 Å². The Labute approximate surface area is 89.0 Å². The molecular weight excluding hydrogens is 215 g/mol. The summed E-state index contributed by atoms with van der Waals surface area (Å²) in [6.07, 6.45) is 0. The van der Waals surface area contributed by atoms with Crippen molar-refractivity contribution in [3.63, 3.8) is 0 Å². The fourth-order valence-corrected chi connectivity index (χ4v) is 6.01. The Morgan fingerprint density at radius 2 is 1.57 bits per heavy atom. The van der Waals surface area contributed by atoms with Gasteiger partial charge in [-0.25, -0.2) is 0 Å². The van der Waals surface area contributed by atoms with Gasteiger partial charge in [0.1, 0.15) is 13.9 Å². The summed E-state index contributed by atoms with van der Waals surface area (Å²) in [4.78, 5) is 0. The van der Waals surface area contributed by atoms with Gasteiger partial charge in [-0.2, -0.15) is 0 Å². The molecule has 0 heterocycles. The fraction of sp³-hybridized carbons (Fsp3) is 1.00. The normalized spacial score (nSPS) is 13.4. The highest BCUT2D eigenvalue weighted by Crippen LogP contribution is 2.33. The molecule has 3 nitrogen and oxygen atoms in total. The predicted octanol–water partition coefficient (Wildman–Crippen LogP) is 3.05. The quantitative estimate of drug-likeness (QED) is 0.388. The average Bonchev–Trinajstić information content (AvgIpc) is 2.01. The molecule has 0 aliphatic heterocycles. The van der Waals surface area contributed by atoms with Crippen LogP contribution in [0.15, 0.2) is 0 Å². The van der Waals surface area contributed by atoms with E-state index in [9.17, 15) is 4.57 Å². The topological polar surface area (TPSA) is 35.5 Å². The van der Waals surface area contributed by atoms with Crippen molar-refractivity contribution in [1.82, 2.24) is 0 Å². The van der Waals surface area contributed by atoms with Crippen LogP contribution in [0.3, 0.4) is 0 Å². The molecule has 0 N–H and O–H groups in total. The molecule has 14 heavy (non-hydrogen) atoms. The average molecular weight is 237 g/mol. The summed E-state index contributed by atoms with van der Waals surface area (Å²) >= 11 is 0. The van der Waals surface area contributed by atoms with E-state index in [0.29, 0.717) is 13.2 Å². The maximum absolute atomic E-state index is 11.9. The lowest BCUT2D eigenvalue weighted by atomic mass is 10.9. The standard InChI is InChI=1S/C9H22O3PSi/c1-6-11-9(12-7-2)13(10)8-14(3,4)5/h9H,6-8H2,1-5H3/q+1. The Morgan fingerprint density at radius 3 is 1.86 bits per heavy atom. The molecule has 0 aliphatic rings. The molecule has 0 rings (SSSR count). The summed E-state index contributed by atoms with van der Waals surface area (Å²) in [5, 5.41) is 0. The lowest BCUT2D eigenvalue weighted by Crippen LogP contribution is -2.27. The molecule has 0 saturated heterocycles. The van der Waals surface area contributed by atoms with Crippen molar-refractivity contribution in [3.05, 3.63) is 0 Å². The first-order chi connectivity index (χ1) is 6.40. The van der Waals surface area contributed by atoms with Gasteiger partial charge in [0.15, 0.2) is 0 Å². The second-order valence-corrected chi connectivity index (χ2v) is 12.0. The zero-order chi connectivity index (χ0) is 11.2. The lowest BCUT2D eigenvalue weighted by Gasteiger charge is -2.12. The third kappa shape index (κ3) is 6.66. The molecule has 0 aromatic carbocycles. The Kier molecular flexibility index (Phi) is 6.78. The Morgan fingerprint density at radius 1 is 1.14 bits per heavy atom. The van der Waals surface area contributed by atoms with E-state index in [1.807, 2.05) is 13.8 Å². The molecule has 1 unspecified atom stereocenters. The van der Waals surface area contributed by atoms with Gasteiger partial charge in [0.25, 0.3) is 0 Å². The van der Waals surface area contributed by atoms with Gasteiger partial charge in [0, 0.05) is 0 Å². The van der Waals surface area contributed by atoms with Crippen LogP contribution in [0.1, 0.15) is 13.8 Å². The van der Waals surface area contributed by atoms with Gasteiger partial charge >= 0.3 is 13.8 Å². The van der Waals surface area contributed by atoms with Crippen LogP contribution >= 0.6 is 7.80 Å². The van der Waals surface area contributed by atoms with Crippen LogP contribution in [0.2, 0.25) is 19.6 Å². The largest absolute Gasteiger partial charge is 0.397 e. The number of hydrogen-bond acceptors (Lipinski definition) is 3. The second kappa shape index (κ2) is 6.67. The van der Waals surface area contributed by atoms with Crippen molar-refractivity contribution in [1.29, 1.82) is 0 Å². The molecule has 5 heteroatoms. The van der Waals surface area contributed by atoms with E-state index >= 15 is 0 Å². The van der Waals surface area contributed by atoms with Gasteiger partial charge in [-0.3, -0.25) is 0 Å². The van der Waals surface area contributed by atoms with E-state index in [4.69, 9.17) is 9.47 Å². The number of hydrogen-bond donors (Lipinski definition) is 0. The fourth-order valence-electron chi connectivity index (χ4n) is 1.04. The van der Waals surface area contributed by atoms with Crippen molar-refractivity contribution in [2.75, 3.05) is 19.0 Å². The molecule has 84 valence electrons. The molecule has 1 atom stereocenters. The Balaban J connectivity index is 4.14. The highest BCUT2D eigenvalue weighted by molar-refractivity contribution is 7.48. The minimum Gasteiger partial charge on any atom is -0.313 e. The first-order valence-corrected chi connectivity index (χ1v) is 10.3. The maximum atomic E-state index is 11.9. The van der Waals surface area contributed by atoms with Crippen LogP contribution in [0.4, 0.5) is 0 Å². The molecule has 0 amide bonds. The number of ether oxygens (including phenoxy) is 2. The zero-order valence-corrected chi connectivity index (χ0v) is 11.8. The summed E-state index contributed by atoms with van der Waals surface area (Å²) in [6.45, 7) is 11.5. The predicted molar refractivity (Wildman–Crippen MR) is 62.9 cm³/mol. The summed E-state index contributed by atoms with van der Waals surface area (Å²) in [7, 11) is -2.66. The highest BCUT2D eigenvalue weighted by atomic mass is 31.1. The summed E-state index contributed by atoms with van der Waals surface area (Å²) in [6, 6.07) is -0.494. The van der Waals surface area contributed by atoms with E-state index < -0.39 is 21.9 Å². The first-order valence-electron chi connectivity index (χ1n) is 5.07. The molecule has 0 aliphatic carbocycles. The SMILES string of the molecule is CCOC(OCC)[P+](=O)C[Si](C)(C)C. The van der Waals surface area contributed by atoms with Crippen molar-refractivity contribution < 1.29 is 14.0 Å². The molecule has 0 saturated carbocycles. The third-order valence-corrected chi connectivity index (χ3v) is 7.29. The monoisotopic (exact) mass is 237 g/mol. The van der Waals surface area contributed by atoms with E-state index in [1.54, 1.807) is 0 Å². The first kappa shape index (κ1) is 14.2. The Bertz CT molecular complexity index is 173. The van der Waals surface area contributed by atoms with Gasteiger partial charge < -0.3 is 9.47 Å². The van der Waals surface area contributed by atoms with Gasteiger partial charge in [-0.15, -0.1) is 0 Å².